The molecule has 1 aromatic heterocycles. The molecule has 2 saturated carbocycles. The predicted molar refractivity (Wildman–Crippen MR) is 136 cm³/mol. The van der Waals surface area contributed by atoms with E-state index in [1.807, 2.05) is 28.5 Å². The van der Waals surface area contributed by atoms with Crippen LogP contribution in [0.25, 0.3) is 5.69 Å². The van der Waals surface area contributed by atoms with Crippen LogP contribution in [0.2, 0.25) is 5.02 Å². The quantitative estimate of drug-likeness (QED) is 0.301. The normalized spacial score (nSPS) is 22.8. The number of aromatic nitrogens is 3. The Labute approximate surface area is 235 Å². The number of nitrogens with zero attached hydrogens (tertiary/aromatic N) is 5. The van der Waals surface area contributed by atoms with Crippen molar-refractivity contribution in [3.05, 3.63) is 69.8 Å². The van der Waals surface area contributed by atoms with Gasteiger partial charge in [-0.3, -0.25) is 9.47 Å². The van der Waals surface area contributed by atoms with E-state index in [0.717, 1.165) is 11.3 Å². The molecule has 0 atom stereocenters. The van der Waals surface area contributed by atoms with Crippen LogP contribution in [0.1, 0.15) is 61.3 Å². The molecule has 3 heterocycles. The molecule has 0 unspecified atom stereocenters. The predicted octanol–water partition coefficient (Wildman–Crippen LogP) is 7.11. The van der Waals surface area contributed by atoms with E-state index in [9.17, 15) is 30.7 Å². The molecule has 7 rings (SSSR count). The van der Waals surface area contributed by atoms with Gasteiger partial charge in [-0.05, 0) is 55.7 Å². The van der Waals surface area contributed by atoms with Crippen molar-refractivity contribution in [2.24, 2.45) is 5.41 Å². The highest BCUT2D eigenvalue weighted by atomic mass is 35.5. The van der Waals surface area contributed by atoms with E-state index in [0.29, 0.717) is 54.7 Å². The maximum absolute atomic E-state index is 14.7. The molecular weight excluding hydrogens is 575 g/mol. The number of anilines is 1. The number of halogens is 8. The standard InChI is InChI=1S/C28H25ClF7N5/c1-25(11-27(32,33)12-25)40-9-15-6-17(29)2-5-20(15)41-21(10-40)37-38-24(41)16-7-26(8-16)13-39(14-26)23-19(30)4-3-18(22(23)31)28(34,35)36/h2-6,16H,7-14H2,1H3. The monoisotopic (exact) mass is 599 g/mol. The minimum Gasteiger partial charge on any atom is -0.366 e. The number of fused-ring (bicyclic) bond motifs is 3. The zero-order chi connectivity index (χ0) is 29.1. The molecule has 13 heteroatoms. The Bertz CT molecular complexity index is 1550. The van der Waals surface area contributed by atoms with E-state index < -0.39 is 40.5 Å². The summed E-state index contributed by atoms with van der Waals surface area (Å²) in [6.07, 6.45) is -4.16. The summed E-state index contributed by atoms with van der Waals surface area (Å²) in [5, 5.41) is 9.46. The molecule has 0 amide bonds. The second-order valence-corrected chi connectivity index (χ2v) is 12.8. The highest BCUT2D eigenvalue weighted by Crippen LogP contribution is 2.58. The van der Waals surface area contributed by atoms with Crippen molar-refractivity contribution in [3.63, 3.8) is 0 Å². The van der Waals surface area contributed by atoms with Gasteiger partial charge in [0, 0.05) is 54.4 Å². The van der Waals surface area contributed by atoms with Crippen molar-refractivity contribution in [1.29, 1.82) is 0 Å². The van der Waals surface area contributed by atoms with Gasteiger partial charge in [-0.1, -0.05) is 11.6 Å². The smallest absolute Gasteiger partial charge is 0.366 e. The maximum atomic E-state index is 14.7. The van der Waals surface area contributed by atoms with Gasteiger partial charge in [0.25, 0.3) is 5.92 Å². The lowest BCUT2D eigenvalue weighted by atomic mass is 9.57. The van der Waals surface area contributed by atoms with Crippen LogP contribution in [-0.2, 0) is 19.3 Å². The van der Waals surface area contributed by atoms with Crippen LogP contribution in [-0.4, -0.2) is 44.2 Å². The molecule has 41 heavy (non-hydrogen) atoms. The van der Waals surface area contributed by atoms with Gasteiger partial charge in [-0.25, -0.2) is 17.6 Å². The molecule has 0 N–H and O–H groups in total. The molecule has 1 saturated heterocycles. The van der Waals surface area contributed by atoms with Crippen LogP contribution in [0.3, 0.4) is 0 Å². The summed E-state index contributed by atoms with van der Waals surface area (Å²) in [6, 6.07) is 6.52. The highest BCUT2D eigenvalue weighted by Gasteiger charge is 2.58. The second kappa shape index (κ2) is 8.59. The molecular formula is C28H25ClF7N5. The molecule has 3 aromatic rings. The Morgan fingerprint density at radius 2 is 1.68 bits per heavy atom. The molecule has 5 nitrogen and oxygen atoms in total. The summed E-state index contributed by atoms with van der Waals surface area (Å²) in [4.78, 5) is 3.33. The van der Waals surface area contributed by atoms with Crippen LogP contribution in [0, 0.1) is 17.0 Å². The third kappa shape index (κ3) is 4.23. The molecule has 2 aliphatic heterocycles. The fourth-order valence-corrected chi connectivity index (χ4v) is 7.55. The molecule has 2 aromatic carbocycles. The number of alkyl halides is 5. The third-order valence-electron chi connectivity index (χ3n) is 9.24. The average Bonchev–Trinajstić information content (AvgIpc) is 3.11. The molecule has 1 spiro atoms. The number of benzene rings is 2. The molecule has 3 fully saturated rings. The Balaban J connectivity index is 1.13. The fraction of sp³-hybridized carbons (Fsp3) is 0.500. The second-order valence-electron chi connectivity index (χ2n) is 12.4. The largest absolute Gasteiger partial charge is 0.419 e. The van der Waals surface area contributed by atoms with Gasteiger partial charge in [0.05, 0.1) is 17.8 Å². The molecule has 0 radical (unpaired) electrons. The molecule has 218 valence electrons. The van der Waals surface area contributed by atoms with Crippen molar-refractivity contribution in [3.8, 4) is 5.69 Å². The Hall–Kier alpha value is -2.86. The summed E-state index contributed by atoms with van der Waals surface area (Å²) in [5.74, 6) is -4.02. The van der Waals surface area contributed by atoms with Crippen molar-refractivity contribution >= 4 is 17.3 Å². The first-order valence-corrected chi connectivity index (χ1v) is 13.7. The minimum atomic E-state index is -4.92. The SMILES string of the molecule is CC1(N2Cc3cc(Cl)ccc3-n3c(nnc3C3CC4(C3)CN(c3c(F)ccc(C(F)(F)F)c3F)C4)C2)CC(F)(F)C1. The van der Waals surface area contributed by atoms with Gasteiger partial charge in [0.1, 0.15) is 17.3 Å². The zero-order valence-corrected chi connectivity index (χ0v) is 22.6. The van der Waals surface area contributed by atoms with E-state index in [2.05, 4.69) is 10.2 Å². The van der Waals surface area contributed by atoms with Gasteiger partial charge in [-0.2, -0.15) is 13.2 Å². The topological polar surface area (TPSA) is 37.2 Å². The lowest BCUT2D eigenvalue weighted by Crippen LogP contribution is -2.62. The van der Waals surface area contributed by atoms with Crippen LogP contribution in [0.15, 0.2) is 30.3 Å². The van der Waals surface area contributed by atoms with E-state index in [1.165, 1.54) is 4.90 Å². The zero-order valence-electron chi connectivity index (χ0n) is 21.9. The van der Waals surface area contributed by atoms with Crippen molar-refractivity contribution in [2.45, 2.75) is 69.3 Å². The van der Waals surface area contributed by atoms with Crippen molar-refractivity contribution in [1.82, 2.24) is 19.7 Å². The van der Waals surface area contributed by atoms with Crippen LogP contribution < -0.4 is 4.90 Å². The first-order valence-electron chi connectivity index (χ1n) is 13.3. The van der Waals surface area contributed by atoms with E-state index in [-0.39, 0.29) is 37.3 Å². The lowest BCUT2D eigenvalue weighted by molar-refractivity contribution is -0.173. The van der Waals surface area contributed by atoms with E-state index in [1.54, 1.807) is 6.07 Å². The third-order valence-corrected chi connectivity index (χ3v) is 9.47. The van der Waals surface area contributed by atoms with E-state index >= 15 is 0 Å². The fourth-order valence-electron chi connectivity index (χ4n) is 7.36. The summed E-state index contributed by atoms with van der Waals surface area (Å²) in [6.45, 7) is 3.03. The first kappa shape index (κ1) is 27.0. The number of rotatable bonds is 3. The van der Waals surface area contributed by atoms with Gasteiger partial charge in [0.15, 0.2) is 11.6 Å². The van der Waals surface area contributed by atoms with Gasteiger partial charge in [0.2, 0.25) is 0 Å². The summed E-state index contributed by atoms with van der Waals surface area (Å²) in [7, 11) is 0. The Kier molecular flexibility index (Phi) is 5.66. The summed E-state index contributed by atoms with van der Waals surface area (Å²) >= 11 is 6.31. The average molecular weight is 600 g/mol. The molecule has 4 aliphatic rings. The summed E-state index contributed by atoms with van der Waals surface area (Å²) in [5.41, 5.74) is -1.44. The van der Waals surface area contributed by atoms with Crippen LogP contribution in [0.5, 0.6) is 0 Å². The first-order chi connectivity index (χ1) is 19.2. The van der Waals surface area contributed by atoms with Gasteiger partial charge in [-0.15, -0.1) is 10.2 Å². The van der Waals surface area contributed by atoms with Gasteiger partial charge >= 0.3 is 6.18 Å². The Morgan fingerprint density at radius 1 is 0.976 bits per heavy atom. The highest BCUT2D eigenvalue weighted by molar-refractivity contribution is 6.30. The van der Waals surface area contributed by atoms with Crippen LogP contribution >= 0.6 is 11.6 Å². The van der Waals surface area contributed by atoms with Crippen molar-refractivity contribution in [2.75, 3.05) is 18.0 Å². The Morgan fingerprint density at radius 3 is 2.34 bits per heavy atom. The van der Waals surface area contributed by atoms with E-state index in [4.69, 9.17) is 11.6 Å². The van der Waals surface area contributed by atoms with Gasteiger partial charge < -0.3 is 4.90 Å². The lowest BCUT2D eigenvalue weighted by Gasteiger charge is -2.59. The number of hydrogen-bond acceptors (Lipinski definition) is 4. The maximum Gasteiger partial charge on any atom is 0.419 e. The van der Waals surface area contributed by atoms with Crippen LogP contribution in [0.4, 0.5) is 36.4 Å². The molecule has 2 aliphatic carbocycles. The minimum absolute atomic E-state index is 0.0340. The van der Waals surface area contributed by atoms with Crippen molar-refractivity contribution < 1.29 is 30.7 Å². The number of hydrogen-bond donors (Lipinski definition) is 0. The summed E-state index contributed by atoms with van der Waals surface area (Å²) < 4.78 is 98.4. The molecule has 0 bridgehead atoms.